The van der Waals surface area contributed by atoms with Gasteiger partial charge in [-0.1, -0.05) is 88.4 Å². The van der Waals surface area contributed by atoms with Gasteiger partial charge >= 0.3 is 0 Å². The van der Waals surface area contributed by atoms with E-state index in [1.54, 1.807) is 12.7 Å². The number of nitrogens with zero attached hydrogens (tertiary/aromatic N) is 6. The van der Waals surface area contributed by atoms with Gasteiger partial charge < -0.3 is 39.8 Å². The van der Waals surface area contributed by atoms with Crippen LogP contribution in [0.3, 0.4) is 0 Å². The van der Waals surface area contributed by atoms with E-state index in [2.05, 4.69) is 48.3 Å². The van der Waals surface area contributed by atoms with Gasteiger partial charge in [-0.25, -0.2) is 9.97 Å². The van der Waals surface area contributed by atoms with Crippen LogP contribution in [0.4, 0.5) is 0 Å². The molecule has 8 rings (SSSR count). The number of rotatable bonds is 10. The van der Waals surface area contributed by atoms with Gasteiger partial charge in [0.05, 0.1) is 48.3 Å². The van der Waals surface area contributed by atoms with Crippen LogP contribution in [0.1, 0.15) is 112 Å². The molecule has 2 saturated carbocycles. The fourth-order valence-electron chi connectivity index (χ4n) is 9.63. The third-order valence-corrected chi connectivity index (χ3v) is 12.4. The Bertz CT molecular complexity index is 1810. The zero-order valence-electron chi connectivity index (χ0n) is 34.8. The predicted octanol–water partition coefficient (Wildman–Crippen LogP) is 6.19. The number of hydrogen-bond acceptors (Lipinski definition) is 8. The van der Waals surface area contributed by atoms with Gasteiger partial charge in [-0.3, -0.25) is 9.59 Å². The normalized spacial score (nSPS) is 25.0. The van der Waals surface area contributed by atoms with E-state index in [0.29, 0.717) is 36.3 Å². The van der Waals surface area contributed by atoms with E-state index in [1.807, 2.05) is 79.6 Å². The van der Waals surface area contributed by atoms with Crippen LogP contribution in [0.2, 0.25) is 0 Å². The van der Waals surface area contributed by atoms with Crippen LogP contribution in [-0.4, -0.2) is 114 Å². The van der Waals surface area contributed by atoms with Crippen LogP contribution >= 0.6 is 0 Å². The maximum atomic E-state index is 13.7. The molecule has 58 heavy (non-hydrogen) atoms. The van der Waals surface area contributed by atoms with Crippen molar-refractivity contribution in [3.63, 3.8) is 0 Å². The Hall–Kier alpha value is -4.36. The maximum absolute atomic E-state index is 13.7. The third kappa shape index (κ3) is 9.25. The van der Waals surface area contributed by atoms with Crippen molar-refractivity contribution < 1.29 is 19.8 Å². The first-order valence-corrected chi connectivity index (χ1v) is 21.8. The maximum Gasteiger partial charge on any atom is 0.275 e. The minimum Gasteiger partial charge on any atom is -0.391 e. The first-order valence-electron chi connectivity index (χ1n) is 21.8. The van der Waals surface area contributed by atoms with Crippen molar-refractivity contribution in [1.82, 2.24) is 39.5 Å². The molecule has 0 radical (unpaired) electrons. The van der Waals surface area contributed by atoms with Crippen molar-refractivity contribution in [2.75, 3.05) is 39.3 Å². The van der Waals surface area contributed by atoms with Gasteiger partial charge in [0.1, 0.15) is 0 Å². The minimum absolute atomic E-state index is 0.00207. The molecule has 312 valence electrons. The van der Waals surface area contributed by atoms with Crippen LogP contribution in [-0.2, 0) is 0 Å². The van der Waals surface area contributed by atoms with Crippen molar-refractivity contribution in [1.29, 1.82) is 0 Å². The highest BCUT2D eigenvalue weighted by Gasteiger charge is 2.37. The molecule has 0 spiro atoms. The largest absolute Gasteiger partial charge is 0.391 e. The number of aliphatic hydroxyl groups is 2. The molecule has 12 nitrogen and oxygen atoms in total. The summed E-state index contributed by atoms with van der Waals surface area (Å²) < 4.78 is 4.08. The van der Waals surface area contributed by atoms with Crippen molar-refractivity contribution in [2.24, 2.45) is 11.8 Å². The summed E-state index contributed by atoms with van der Waals surface area (Å²) in [6.07, 6.45) is 10.1. The number of aliphatic hydroxyl groups excluding tert-OH is 2. The Kier molecular flexibility index (Phi) is 13.8. The number of aromatic nitrogens is 4. The van der Waals surface area contributed by atoms with Gasteiger partial charge in [0, 0.05) is 62.5 Å². The molecule has 6 atom stereocenters. The van der Waals surface area contributed by atoms with E-state index in [1.165, 1.54) is 0 Å². The molecule has 4 aliphatic rings. The highest BCUT2D eigenvalue weighted by molar-refractivity contribution is 5.99. The molecule has 2 amide bonds. The Morgan fingerprint density at radius 1 is 0.638 bits per heavy atom. The quantitative estimate of drug-likeness (QED) is 0.149. The molecule has 0 unspecified atom stereocenters. The summed E-state index contributed by atoms with van der Waals surface area (Å²) in [5.74, 6) is 1.05. The van der Waals surface area contributed by atoms with Crippen molar-refractivity contribution in [2.45, 2.75) is 115 Å². The summed E-state index contributed by atoms with van der Waals surface area (Å²) in [4.78, 5) is 40.5. The number of imidazole rings is 2. The number of hydrogen-bond donors (Lipinski definition) is 4. The van der Waals surface area contributed by atoms with Crippen molar-refractivity contribution in [3.05, 3.63) is 84.7 Å². The van der Waals surface area contributed by atoms with E-state index in [4.69, 9.17) is 0 Å². The molecule has 4 fully saturated rings. The molecule has 2 aromatic heterocycles. The number of carbonyl (C=O) groups excluding carboxylic acids is 2. The van der Waals surface area contributed by atoms with Gasteiger partial charge in [-0.2, -0.15) is 0 Å². The minimum atomic E-state index is -0.387. The summed E-state index contributed by atoms with van der Waals surface area (Å²) in [6, 6.07) is 20.3. The highest BCUT2D eigenvalue weighted by Crippen LogP contribution is 2.38. The van der Waals surface area contributed by atoms with Gasteiger partial charge in [0.15, 0.2) is 11.4 Å². The fraction of sp³-hybridized carbons (Fsp3) is 0.565. The zero-order valence-corrected chi connectivity index (χ0v) is 34.8. The smallest absolute Gasteiger partial charge is 0.275 e. The van der Waals surface area contributed by atoms with Gasteiger partial charge in [0.2, 0.25) is 0 Å². The SMILES string of the molecule is CC(C)C[C@@H]1CNCCN1C(=O)c1ncn([C@@H]2CCC[C@H]2O)c1-c1ccccc1.CC(C)C[C@@H]1CNCCN1C(=O)c1ncn([C@H]2CCC[C@@H]2O)c1-c1ccccc1. The van der Waals surface area contributed by atoms with Crippen LogP contribution < -0.4 is 10.6 Å². The Morgan fingerprint density at radius 2 is 1.03 bits per heavy atom. The molecule has 4 heterocycles. The van der Waals surface area contributed by atoms with Crippen LogP contribution in [0, 0.1) is 11.8 Å². The van der Waals surface area contributed by atoms with Gasteiger partial charge in [-0.15, -0.1) is 0 Å². The molecular weight excluding hydrogens is 729 g/mol. The van der Waals surface area contributed by atoms with E-state index in [-0.39, 0.29) is 48.2 Å². The monoisotopic (exact) mass is 793 g/mol. The summed E-state index contributed by atoms with van der Waals surface area (Å²) in [7, 11) is 0. The van der Waals surface area contributed by atoms with E-state index in [0.717, 1.165) is 100 Å². The Morgan fingerprint density at radius 3 is 1.38 bits per heavy atom. The molecule has 2 aliphatic heterocycles. The van der Waals surface area contributed by atoms with Crippen molar-refractivity contribution >= 4 is 11.8 Å². The Balaban J connectivity index is 0.000000177. The molecule has 4 aromatic rings. The average Bonchev–Trinajstić information content (AvgIpc) is 4.05. The van der Waals surface area contributed by atoms with Crippen LogP contribution in [0.5, 0.6) is 0 Å². The van der Waals surface area contributed by atoms with Gasteiger partial charge in [0.25, 0.3) is 11.8 Å². The second-order valence-corrected chi connectivity index (χ2v) is 17.5. The third-order valence-electron chi connectivity index (χ3n) is 12.4. The number of carbonyl (C=O) groups is 2. The highest BCUT2D eigenvalue weighted by atomic mass is 16.3. The molecule has 12 heteroatoms. The molecular formula is C46H64N8O4. The lowest BCUT2D eigenvalue weighted by Crippen LogP contribution is -2.54. The zero-order chi connectivity index (χ0) is 40.8. The summed E-state index contributed by atoms with van der Waals surface area (Å²) in [5, 5.41) is 27.9. The lowest BCUT2D eigenvalue weighted by atomic mass is 10.00. The summed E-state index contributed by atoms with van der Waals surface area (Å²) >= 11 is 0. The first-order chi connectivity index (χ1) is 28.1. The Labute approximate surface area is 344 Å². The standard InChI is InChI=1S/2C23H32N4O2/c2*1-16(2)13-18-14-24-11-12-26(18)23(29)21-22(17-7-4-3-5-8-17)27(15-25-21)19-9-6-10-20(19)28/h2*3-5,7-8,15-16,18-20,24,28H,6,9-14H2,1-2H3/t18-,19+,20+;18-,19-,20-/m11/s1. The van der Waals surface area contributed by atoms with Crippen molar-refractivity contribution in [3.8, 4) is 22.5 Å². The average molecular weight is 793 g/mol. The first kappa shape index (κ1) is 41.8. The van der Waals surface area contributed by atoms with Crippen LogP contribution in [0.15, 0.2) is 73.3 Å². The van der Waals surface area contributed by atoms with Gasteiger partial charge in [-0.05, 0) is 63.2 Å². The summed E-state index contributed by atoms with van der Waals surface area (Å²) in [6.45, 7) is 13.5. The summed E-state index contributed by atoms with van der Waals surface area (Å²) in [5.41, 5.74) is 4.63. The second-order valence-electron chi connectivity index (χ2n) is 17.5. The lowest BCUT2D eigenvalue weighted by molar-refractivity contribution is 0.0597. The fourth-order valence-corrected chi connectivity index (χ4v) is 9.63. The number of benzene rings is 2. The number of piperazine rings is 2. The second kappa shape index (κ2) is 19.1. The molecule has 2 aliphatic carbocycles. The predicted molar refractivity (Wildman–Crippen MR) is 227 cm³/mol. The molecule has 2 saturated heterocycles. The number of amides is 2. The van der Waals surface area contributed by atoms with E-state index in [9.17, 15) is 19.8 Å². The van der Waals surface area contributed by atoms with Crippen LogP contribution in [0.25, 0.3) is 22.5 Å². The lowest BCUT2D eigenvalue weighted by Gasteiger charge is -2.37. The van der Waals surface area contributed by atoms with E-state index >= 15 is 0 Å². The molecule has 4 N–H and O–H groups in total. The van der Waals surface area contributed by atoms with E-state index < -0.39 is 0 Å². The number of nitrogens with one attached hydrogen (secondary N) is 2. The molecule has 2 aromatic carbocycles. The topological polar surface area (TPSA) is 141 Å². The molecule has 0 bridgehead atoms.